The molecule has 1 fully saturated rings. The number of carbonyl (C=O) groups excluding carboxylic acids is 1. The molecule has 1 amide bonds. The maximum Gasteiger partial charge on any atom is 0.234 e. The summed E-state index contributed by atoms with van der Waals surface area (Å²) in [5, 5.41) is 14.9. The molecule has 1 saturated heterocycles. The predicted octanol–water partition coefficient (Wildman–Crippen LogP) is 4.62. The van der Waals surface area contributed by atoms with Gasteiger partial charge in [-0.1, -0.05) is 35.2 Å². The van der Waals surface area contributed by atoms with E-state index in [0.29, 0.717) is 11.7 Å². The van der Waals surface area contributed by atoms with E-state index in [9.17, 15) is 9.18 Å². The molecule has 0 bridgehead atoms. The van der Waals surface area contributed by atoms with Crippen LogP contribution in [0.2, 0.25) is 0 Å². The summed E-state index contributed by atoms with van der Waals surface area (Å²) in [4.78, 5) is 14.6. The molecule has 0 saturated carbocycles. The SMILES string of the molecule is O=C(CSc1nnc(NCc2ccc(F)cc2)s1)Nc1ccc(N2CCCC2)cc1. The zero-order chi connectivity index (χ0) is 20.8. The summed E-state index contributed by atoms with van der Waals surface area (Å²) in [5.41, 5.74) is 2.95. The average molecular weight is 444 g/mol. The molecule has 156 valence electrons. The lowest BCUT2D eigenvalue weighted by atomic mass is 10.2. The number of halogens is 1. The summed E-state index contributed by atoms with van der Waals surface area (Å²) in [6.07, 6.45) is 2.48. The first-order valence-corrected chi connectivity index (χ1v) is 11.6. The highest BCUT2D eigenvalue weighted by Crippen LogP contribution is 2.26. The van der Waals surface area contributed by atoms with E-state index >= 15 is 0 Å². The van der Waals surface area contributed by atoms with Crippen LogP contribution < -0.4 is 15.5 Å². The molecule has 0 unspecified atom stereocenters. The van der Waals surface area contributed by atoms with Crippen molar-refractivity contribution in [1.29, 1.82) is 0 Å². The molecule has 30 heavy (non-hydrogen) atoms. The number of aromatic nitrogens is 2. The minimum absolute atomic E-state index is 0.0788. The van der Waals surface area contributed by atoms with Gasteiger partial charge in [-0.2, -0.15) is 0 Å². The van der Waals surface area contributed by atoms with Gasteiger partial charge in [-0.25, -0.2) is 4.39 Å². The van der Waals surface area contributed by atoms with Crippen LogP contribution in [0.4, 0.5) is 20.9 Å². The first-order valence-electron chi connectivity index (χ1n) is 9.75. The Morgan fingerprint density at radius 1 is 1.07 bits per heavy atom. The molecule has 4 rings (SSSR count). The second kappa shape index (κ2) is 9.90. The first kappa shape index (κ1) is 20.6. The minimum atomic E-state index is -0.255. The van der Waals surface area contributed by atoms with Gasteiger partial charge in [-0.05, 0) is 54.8 Å². The highest BCUT2D eigenvalue weighted by molar-refractivity contribution is 8.01. The van der Waals surface area contributed by atoms with Gasteiger partial charge in [-0.15, -0.1) is 10.2 Å². The fourth-order valence-electron chi connectivity index (χ4n) is 3.17. The fourth-order valence-corrected chi connectivity index (χ4v) is 4.72. The van der Waals surface area contributed by atoms with Gasteiger partial charge >= 0.3 is 0 Å². The third kappa shape index (κ3) is 5.70. The van der Waals surface area contributed by atoms with Crippen molar-refractivity contribution in [3.05, 3.63) is 59.9 Å². The van der Waals surface area contributed by atoms with E-state index in [0.717, 1.165) is 28.7 Å². The van der Waals surface area contributed by atoms with Crippen molar-refractivity contribution in [3.8, 4) is 0 Å². The highest BCUT2D eigenvalue weighted by atomic mass is 32.2. The summed E-state index contributed by atoms with van der Waals surface area (Å²) < 4.78 is 13.7. The number of rotatable bonds is 8. The van der Waals surface area contributed by atoms with Gasteiger partial charge < -0.3 is 15.5 Å². The van der Waals surface area contributed by atoms with Gasteiger partial charge in [0.1, 0.15) is 5.82 Å². The number of hydrogen-bond donors (Lipinski definition) is 2. The standard InChI is InChI=1S/C21H22FN5OS2/c22-16-5-3-15(4-6-16)13-23-20-25-26-21(30-20)29-14-19(28)24-17-7-9-18(10-8-17)27-11-1-2-12-27/h3-10H,1-2,11-14H2,(H,23,25)(H,24,28). The molecule has 1 aliphatic heterocycles. The van der Waals surface area contributed by atoms with Gasteiger partial charge in [0.05, 0.1) is 5.75 Å². The first-order chi connectivity index (χ1) is 14.7. The Labute approximate surface area is 182 Å². The van der Waals surface area contributed by atoms with Crippen molar-refractivity contribution in [2.75, 3.05) is 34.4 Å². The number of anilines is 3. The van der Waals surface area contributed by atoms with Crippen molar-refractivity contribution in [2.45, 2.75) is 23.7 Å². The Hall–Kier alpha value is -2.65. The highest BCUT2D eigenvalue weighted by Gasteiger charge is 2.12. The van der Waals surface area contributed by atoms with E-state index in [1.165, 1.54) is 53.8 Å². The molecule has 2 aromatic carbocycles. The maximum absolute atomic E-state index is 12.9. The average Bonchev–Trinajstić information content (AvgIpc) is 3.45. The number of hydrogen-bond acceptors (Lipinski definition) is 7. The number of amides is 1. The molecule has 0 radical (unpaired) electrons. The summed E-state index contributed by atoms with van der Waals surface area (Å²) >= 11 is 2.74. The molecule has 9 heteroatoms. The predicted molar refractivity (Wildman–Crippen MR) is 121 cm³/mol. The van der Waals surface area contributed by atoms with Crippen molar-refractivity contribution in [2.24, 2.45) is 0 Å². The van der Waals surface area contributed by atoms with E-state index < -0.39 is 0 Å². The molecule has 6 nitrogen and oxygen atoms in total. The Bertz CT molecular complexity index is 972. The van der Waals surface area contributed by atoms with Gasteiger partial charge in [0.25, 0.3) is 0 Å². The molecule has 0 spiro atoms. The van der Waals surface area contributed by atoms with Crippen LogP contribution in [-0.4, -0.2) is 34.9 Å². The number of nitrogens with one attached hydrogen (secondary N) is 2. The molecule has 1 aromatic heterocycles. The maximum atomic E-state index is 12.9. The number of benzene rings is 2. The largest absolute Gasteiger partial charge is 0.372 e. The lowest BCUT2D eigenvalue weighted by Crippen LogP contribution is -2.18. The molecular weight excluding hydrogens is 421 g/mol. The van der Waals surface area contributed by atoms with Crippen LogP contribution in [0.1, 0.15) is 18.4 Å². The zero-order valence-electron chi connectivity index (χ0n) is 16.3. The molecule has 3 aromatic rings. The van der Waals surface area contributed by atoms with Crippen LogP contribution in [0.3, 0.4) is 0 Å². The smallest absolute Gasteiger partial charge is 0.234 e. The quantitative estimate of drug-likeness (QED) is 0.495. The van der Waals surface area contributed by atoms with Gasteiger partial charge in [0.15, 0.2) is 4.34 Å². The van der Waals surface area contributed by atoms with Crippen LogP contribution in [0, 0.1) is 5.82 Å². The van der Waals surface area contributed by atoms with E-state index in [2.05, 4.69) is 37.9 Å². The Kier molecular flexibility index (Phi) is 6.81. The lowest BCUT2D eigenvalue weighted by molar-refractivity contribution is -0.113. The molecule has 1 aliphatic rings. The summed E-state index contributed by atoms with van der Waals surface area (Å²) in [6.45, 7) is 2.74. The van der Waals surface area contributed by atoms with Gasteiger partial charge in [-0.3, -0.25) is 4.79 Å². The molecule has 2 N–H and O–H groups in total. The normalized spacial score (nSPS) is 13.4. The topological polar surface area (TPSA) is 70.1 Å². The molecular formula is C21H22FN5OS2. The summed E-state index contributed by atoms with van der Waals surface area (Å²) in [7, 11) is 0. The van der Waals surface area contributed by atoms with Crippen molar-refractivity contribution in [1.82, 2.24) is 10.2 Å². The number of nitrogens with zero attached hydrogens (tertiary/aromatic N) is 3. The van der Waals surface area contributed by atoms with E-state index in [4.69, 9.17) is 0 Å². The van der Waals surface area contributed by atoms with E-state index in [1.54, 1.807) is 12.1 Å². The van der Waals surface area contributed by atoms with Crippen LogP contribution in [-0.2, 0) is 11.3 Å². The Balaban J connectivity index is 1.21. The lowest BCUT2D eigenvalue weighted by Gasteiger charge is -2.17. The Morgan fingerprint density at radius 3 is 2.53 bits per heavy atom. The van der Waals surface area contributed by atoms with Crippen molar-refractivity contribution >= 4 is 45.5 Å². The monoisotopic (exact) mass is 443 g/mol. The van der Waals surface area contributed by atoms with Gasteiger partial charge in [0, 0.05) is 31.0 Å². The van der Waals surface area contributed by atoms with Gasteiger partial charge in [0.2, 0.25) is 11.0 Å². The minimum Gasteiger partial charge on any atom is -0.372 e. The van der Waals surface area contributed by atoms with Crippen LogP contribution in [0.15, 0.2) is 52.9 Å². The number of carbonyl (C=O) groups is 1. The van der Waals surface area contributed by atoms with Crippen LogP contribution >= 0.6 is 23.1 Å². The summed E-state index contributed by atoms with van der Waals surface area (Å²) in [6, 6.07) is 14.3. The second-order valence-electron chi connectivity index (χ2n) is 6.93. The zero-order valence-corrected chi connectivity index (χ0v) is 17.9. The summed E-state index contributed by atoms with van der Waals surface area (Å²) in [5.74, 6) is -0.0698. The second-order valence-corrected chi connectivity index (χ2v) is 9.13. The molecule has 0 aliphatic carbocycles. The fraction of sp³-hybridized carbons (Fsp3) is 0.286. The number of thioether (sulfide) groups is 1. The molecule has 2 heterocycles. The van der Waals surface area contributed by atoms with Crippen molar-refractivity contribution < 1.29 is 9.18 Å². The Morgan fingerprint density at radius 2 is 1.80 bits per heavy atom. The van der Waals surface area contributed by atoms with Crippen LogP contribution in [0.5, 0.6) is 0 Å². The van der Waals surface area contributed by atoms with Crippen LogP contribution in [0.25, 0.3) is 0 Å². The third-order valence-corrected chi connectivity index (χ3v) is 6.73. The van der Waals surface area contributed by atoms with E-state index in [1.807, 2.05) is 12.1 Å². The van der Waals surface area contributed by atoms with Crippen molar-refractivity contribution in [3.63, 3.8) is 0 Å². The van der Waals surface area contributed by atoms with E-state index in [-0.39, 0.29) is 17.5 Å². The third-order valence-electron chi connectivity index (χ3n) is 4.71. The molecule has 0 atom stereocenters.